The van der Waals surface area contributed by atoms with E-state index in [2.05, 4.69) is 42.5 Å². The van der Waals surface area contributed by atoms with Crippen LogP contribution in [0.15, 0.2) is 54.6 Å². The van der Waals surface area contributed by atoms with Crippen LogP contribution in [0.1, 0.15) is 70.8 Å². The largest absolute Gasteiger partial charge is 0.338 e. The lowest BCUT2D eigenvalue weighted by atomic mass is 9.90. The van der Waals surface area contributed by atoms with Crippen LogP contribution in [0, 0.1) is 26.7 Å². The Kier molecular flexibility index (Phi) is 8.50. The van der Waals surface area contributed by atoms with Crippen molar-refractivity contribution < 1.29 is 9.59 Å². The molecule has 1 fully saturated rings. The number of hydrogen-bond acceptors (Lipinski definition) is 5. The van der Waals surface area contributed by atoms with Crippen LogP contribution in [-0.4, -0.2) is 44.7 Å². The van der Waals surface area contributed by atoms with E-state index in [0.717, 1.165) is 70.6 Å². The minimum Gasteiger partial charge on any atom is -0.338 e. The number of hydrogen-bond donors (Lipinski definition) is 2. The van der Waals surface area contributed by atoms with Gasteiger partial charge < -0.3 is 10.2 Å². The summed E-state index contributed by atoms with van der Waals surface area (Å²) in [5, 5.41) is 11.7. The lowest BCUT2D eigenvalue weighted by Gasteiger charge is -2.32. The summed E-state index contributed by atoms with van der Waals surface area (Å²) in [4.78, 5) is 33.2. The summed E-state index contributed by atoms with van der Waals surface area (Å²) in [7, 11) is 0. The van der Waals surface area contributed by atoms with Crippen LogP contribution in [0.25, 0.3) is 5.69 Å². The summed E-state index contributed by atoms with van der Waals surface area (Å²) in [6.07, 6.45) is 2.83. The second kappa shape index (κ2) is 12.1. The highest BCUT2D eigenvalue weighted by atomic mass is 32.1. The molecule has 2 aromatic carbocycles. The summed E-state index contributed by atoms with van der Waals surface area (Å²) >= 11 is 1.48. The molecule has 220 valence electrons. The fraction of sp³-hybridized carbons (Fsp3) is 0.394. The number of aromatic nitrogens is 3. The van der Waals surface area contributed by atoms with Crippen LogP contribution in [0.4, 0.5) is 16.3 Å². The number of amides is 3. The van der Waals surface area contributed by atoms with Gasteiger partial charge in [0.15, 0.2) is 0 Å². The standard InChI is InChI=1S/C33H40N6O2S/c1-21-10-12-27(13-11-21)39-29(20-28(37-39)33(4,5)6)36-32(41)35-26-9-7-8-25(19-26)18-24-14-16-38(17-15-24)31(40)30-22(2)34-23(3)42-30/h7-13,19-20,24H,14-18H2,1-6H3,(H2,35,36,41). The number of anilines is 2. The van der Waals surface area contributed by atoms with E-state index < -0.39 is 0 Å². The van der Waals surface area contributed by atoms with Crippen molar-refractivity contribution in [3.8, 4) is 5.69 Å². The molecule has 0 bridgehead atoms. The van der Waals surface area contributed by atoms with Crippen molar-refractivity contribution >= 4 is 34.8 Å². The molecule has 8 nitrogen and oxygen atoms in total. The van der Waals surface area contributed by atoms with E-state index in [9.17, 15) is 9.59 Å². The summed E-state index contributed by atoms with van der Waals surface area (Å²) in [5.74, 6) is 1.21. The number of urea groups is 1. The second-order valence-corrected chi connectivity index (χ2v) is 13.5. The molecule has 0 radical (unpaired) electrons. The lowest BCUT2D eigenvalue weighted by molar-refractivity contribution is 0.0694. The zero-order valence-electron chi connectivity index (χ0n) is 25.3. The Morgan fingerprint density at radius 1 is 0.976 bits per heavy atom. The van der Waals surface area contributed by atoms with Crippen LogP contribution >= 0.6 is 11.3 Å². The smallest absolute Gasteiger partial charge is 0.324 e. The number of carbonyl (C=O) groups is 2. The van der Waals surface area contributed by atoms with Crippen molar-refractivity contribution in [2.24, 2.45) is 5.92 Å². The topological polar surface area (TPSA) is 92.2 Å². The Labute approximate surface area is 252 Å². The molecule has 1 aliphatic rings. The lowest BCUT2D eigenvalue weighted by Crippen LogP contribution is -2.38. The molecule has 1 saturated heterocycles. The first kappa shape index (κ1) is 29.5. The zero-order chi connectivity index (χ0) is 30.0. The van der Waals surface area contributed by atoms with Gasteiger partial charge in [-0.05, 0) is 75.8 Å². The monoisotopic (exact) mass is 584 g/mol. The van der Waals surface area contributed by atoms with Crippen LogP contribution < -0.4 is 10.6 Å². The number of nitrogens with zero attached hydrogens (tertiary/aromatic N) is 4. The van der Waals surface area contributed by atoms with Crippen molar-refractivity contribution in [3.63, 3.8) is 0 Å². The SMILES string of the molecule is Cc1ccc(-n2nc(C(C)(C)C)cc2NC(=O)Nc2cccc(CC3CCN(C(=O)c4sc(C)nc4C)CC3)c2)cc1. The number of piperidine rings is 1. The maximum Gasteiger partial charge on any atom is 0.324 e. The normalized spacial score (nSPS) is 14.2. The van der Waals surface area contributed by atoms with Gasteiger partial charge in [-0.3, -0.25) is 10.1 Å². The van der Waals surface area contributed by atoms with Crippen LogP contribution in [-0.2, 0) is 11.8 Å². The van der Waals surface area contributed by atoms with Gasteiger partial charge >= 0.3 is 6.03 Å². The fourth-order valence-corrected chi connectivity index (χ4v) is 6.21. The van der Waals surface area contributed by atoms with Gasteiger partial charge in [-0.1, -0.05) is 50.6 Å². The molecular weight excluding hydrogens is 544 g/mol. The number of likely N-dealkylation sites (tertiary alicyclic amines) is 1. The van der Waals surface area contributed by atoms with Gasteiger partial charge in [0, 0.05) is 30.3 Å². The average molecular weight is 585 g/mol. The van der Waals surface area contributed by atoms with E-state index in [1.54, 1.807) is 4.68 Å². The summed E-state index contributed by atoms with van der Waals surface area (Å²) < 4.78 is 1.78. The molecule has 2 N–H and O–H groups in total. The molecule has 3 heterocycles. The third-order valence-corrected chi connectivity index (χ3v) is 8.77. The van der Waals surface area contributed by atoms with Crippen LogP contribution in [0.3, 0.4) is 0 Å². The Morgan fingerprint density at radius 3 is 2.33 bits per heavy atom. The molecule has 5 rings (SSSR count). The minimum absolute atomic E-state index is 0.104. The van der Waals surface area contributed by atoms with Gasteiger partial charge in [0.2, 0.25) is 0 Å². The first-order valence-electron chi connectivity index (χ1n) is 14.5. The second-order valence-electron chi connectivity index (χ2n) is 12.3. The third kappa shape index (κ3) is 6.90. The van der Waals surface area contributed by atoms with Gasteiger partial charge in [-0.25, -0.2) is 14.5 Å². The molecule has 0 spiro atoms. The van der Waals surface area contributed by atoms with E-state index in [1.807, 2.05) is 74.2 Å². The number of aryl methyl sites for hydroxylation is 3. The predicted molar refractivity (Wildman–Crippen MR) is 170 cm³/mol. The van der Waals surface area contributed by atoms with Gasteiger partial charge in [0.25, 0.3) is 5.91 Å². The van der Waals surface area contributed by atoms with E-state index in [4.69, 9.17) is 5.10 Å². The summed E-state index contributed by atoms with van der Waals surface area (Å²) in [6.45, 7) is 13.7. The molecule has 0 saturated carbocycles. The molecule has 42 heavy (non-hydrogen) atoms. The quantitative estimate of drug-likeness (QED) is 0.249. The molecule has 2 aromatic heterocycles. The highest BCUT2D eigenvalue weighted by Gasteiger charge is 2.26. The van der Waals surface area contributed by atoms with E-state index in [1.165, 1.54) is 16.9 Å². The predicted octanol–water partition coefficient (Wildman–Crippen LogP) is 7.29. The minimum atomic E-state index is -0.318. The summed E-state index contributed by atoms with van der Waals surface area (Å²) in [6, 6.07) is 17.7. The molecule has 1 aliphatic heterocycles. The maximum atomic E-state index is 13.1. The van der Waals surface area contributed by atoms with E-state index >= 15 is 0 Å². The van der Waals surface area contributed by atoms with E-state index in [0.29, 0.717) is 11.7 Å². The Balaban J connectivity index is 1.20. The van der Waals surface area contributed by atoms with Gasteiger partial charge in [0.05, 0.1) is 22.1 Å². The van der Waals surface area contributed by atoms with Crippen molar-refractivity contribution in [2.45, 2.75) is 66.2 Å². The third-order valence-electron chi connectivity index (χ3n) is 7.71. The number of nitrogens with one attached hydrogen (secondary N) is 2. The van der Waals surface area contributed by atoms with Crippen molar-refractivity contribution in [1.82, 2.24) is 19.7 Å². The number of thiazole rings is 1. The molecule has 4 aromatic rings. The highest BCUT2D eigenvalue weighted by molar-refractivity contribution is 7.13. The van der Waals surface area contributed by atoms with Crippen molar-refractivity contribution in [2.75, 3.05) is 23.7 Å². The number of benzene rings is 2. The maximum absolute atomic E-state index is 13.1. The van der Waals surface area contributed by atoms with Gasteiger partial charge in [-0.2, -0.15) is 5.10 Å². The molecular formula is C33H40N6O2S. The number of rotatable bonds is 6. The molecule has 0 atom stereocenters. The summed E-state index contributed by atoms with van der Waals surface area (Å²) in [5.41, 5.74) is 5.52. The van der Waals surface area contributed by atoms with Crippen molar-refractivity contribution in [3.05, 3.63) is 87.0 Å². The number of carbonyl (C=O) groups excluding carboxylic acids is 2. The Hall–Kier alpha value is -3.98. The fourth-order valence-electron chi connectivity index (χ4n) is 5.32. The van der Waals surface area contributed by atoms with Crippen molar-refractivity contribution in [1.29, 1.82) is 0 Å². The first-order chi connectivity index (χ1) is 20.0. The van der Waals surface area contributed by atoms with Crippen LogP contribution in [0.5, 0.6) is 0 Å². The zero-order valence-corrected chi connectivity index (χ0v) is 26.1. The molecule has 0 unspecified atom stereocenters. The van der Waals surface area contributed by atoms with E-state index in [-0.39, 0.29) is 17.4 Å². The highest BCUT2D eigenvalue weighted by Crippen LogP contribution is 2.28. The molecule has 9 heteroatoms. The Bertz CT molecular complexity index is 1570. The first-order valence-corrected chi connectivity index (χ1v) is 15.4. The average Bonchev–Trinajstić information content (AvgIpc) is 3.51. The molecule has 0 aliphatic carbocycles. The molecule has 3 amide bonds. The Morgan fingerprint density at radius 2 is 1.69 bits per heavy atom. The van der Waals surface area contributed by atoms with Gasteiger partial charge in [0.1, 0.15) is 10.7 Å². The van der Waals surface area contributed by atoms with Gasteiger partial charge in [-0.15, -0.1) is 11.3 Å². The van der Waals surface area contributed by atoms with Crippen LogP contribution in [0.2, 0.25) is 0 Å².